The van der Waals surface area contributed by atoms with Crippen molar-refractivity contribution in [2.75, 3.05) is 4.90 Å². The first kappa shape index (κ1) is 18.1. The number of thiophene rings is 2. The third-order valence-corrected chi connectivity index (χ3v) is 7.75. The lowest BCUT2D eigenvalue weighted by molar-refractivity contribution is -0.122. The molecule has 1 aliphatic rings. The quantitative estimate of drug-likeness (QED) is 0.492. The number of aromatic amines is 1. The molecule has 0 bridgehead atoms. The Labute approximate surface area is 175 Å². The summed E-state index contributed by atoms with van der Waals surface area (Å²) in [6.07, 6.45) is 1.90. The average Bonchev–Trinajstić information content (AvgIpc) is 3.44. The van der Waals surface area contributed by atoms with Crippen molar-refractivity contribution in [3.8, 4) is 11.1 Å². The van der Waals surface area contributed by atoms with E-state index in [4.69, 9.17) is 5.73 Å². The number of hydrogen-bond donors (Lipinski definition) is 2. The van der Waals surface area contributed by atoms with Crippen LogP contribution < -0.4 is 10.6 Å². The summed E-state index contributed by atoms with van der Waals surface area (Å²) in [5.41, 5.74) is 9.60. The van der Waals surface area contributed by atoms with Gasteiger partial charge in [-0.3, -0.25) is 9.59 Å². The van der Waals surface area contributed by atoms with Crippen LogP contribution in [0.4, 0.5) is 5.69 Å². The summed E-state index contributed by atoms with van der Waals surface area (Å²) in [6, 6.07) is 9.96. The van der Waals surface area contributed by atoms with Crippen LogP contribution in [-0.2, 0) is 16.8 Å². The van der Waals surface area contributed by atoms with Crippen molar-refractivity contribution in [2.45, 2.75) is 25.8 Å². The van der Waals surface area contributed by atoms with E-state index in [1.807, 2.05) is 66.0 Å². The number of carbonyl (C=O) groups is 2. The van der Waals surface area contributed by atoms with Gasteiger partial charge in [0.25, 0.3) is 5.91 Å². The molecule has 0 radical (unpaired) electrons. The van der Waals surface area contributed by atoms with Crippen LogP contribution in [0.2, 0.25) is 0 Å². The second-order valence-corrected chi connectivity index (χ2v) is 9.54. The molecule has 7 heteroatoms. The molecule has 5 rings (SSSR count). The standard InChI is InChI=1S/C22H19N3O2S2/c1-22(2)19-17(25(21(22)27)10-12-7-8-28-11-12)16(18(29-19)20(23)26)14-9-24-15-6-4-3-5-13(14)15/h3-9,11,24H,10H2,1-2H3,(H2,23,26). The van der Waals surface area contributed by atoms with Crippen molar-refractivity contribution >= 4 is 51.1 Å². The molecule has 0 atom stereocenters. The zero-order valence-corrected chi connectivity index (χ0v) is 17.6. The number of nitrogens with one attached hydrogen (secondary N) is 1. The number of anilines is 1. The highest BCUT2D eigenvalue weighted by atomic mass is 32.1. The molecular weight excluding hydrogens is 402 g/mol. The van der Waals surface area contributed by atoms with Gasteiger partial charge in [0.15, 0.2) is 0 Å². The molecule has 2 amide bonds. The monoisotopic (exact) mass is 421 g/mol. The highest BCUT2D eigenvalue weighted by molar-refractivity contribution is 7.15. The molecule has 0 aliphatic carbocycles. The van der Waals surface area contributed by atoms with Crippen LogP contribution in [0.5, 0.6) is 0 Å². The molecule has 3 N–H and O–H groups in total. The maximum absolute atomic E-state index is 13.3. The third kappa shape index (κ3) is 2.58. The lowest BCUT2D eigenvalue weighted by atomic mass is 9.92. The van der Waals surface area contributed by atoms with Crippen molar-refractivity contribution in [1.29, 1.82) is 0 Å². The number of rotatable bonds is 4. The van der Waals surface area contributed by atoms with E-state index in [2.05, 4.69) is 4.98 Å². The largest absolute Gasteiger partial charge is 0.365 e. The van der Waals surface area contributed by atoms with Crippen LogP contribution in [0, 0.1) is 0 Å². The Kier molecular flexibility index (Phi) is 3.94. The fraction of sp³-hybridized carbons (Fsp3) is 0.182. The van der Waals surface area contributed by atoms with Gasteiger partial charge in [0.05, 0.1) is 17.6 Å². The van der Waals surface area contributed by atoms with E-state index in [-0.39, 0.29) is 5.91 Å². The zero-order chi connectivity index (χ0) is 20.3. The summed E-state index contributed by atoms with van der Waals surface area (Å²) in [6.45, 7) is 4.31. The first-order chi connectivity index (χ1) is 13.9. The predicted molar refractivity (Wildman–Crippen MR) is 119 cm³/mol. The normalized spacial score (nSPS) is 15.2. The first-order valence-corrected chi connectivity index (χ1v) is 11.0. The van der Waals surface area contributed by atoms with E-state index in [1.54, 1.807) is 11.3 Å². The van der Waals surface area contributed by atoms with Crippen molar-refractivity contribution in [3.63, 3.8) is 0 Å². The van der Waals surface area contributed by atoms with Gasteiger partial charge < -0.3 is 15.6 Å². The van der Waals surface area contributed by atoms with Gasteiger partial charge >= 0.3 is 0 Å². The number of amides is 2. The van der Waals surface area contributed by atoms with E-state index >= 15 is 0 Å². The van der Waals surface area contributed by atoms with E-state index in [9.17, 15) is 9.59 Å². The van der Waals surface area contributed by atoms with E-state index < -0.39 is 11.3 Å². The highest BCUT2D eigenvalue weighted by Crippen LogP contribution is 2.54. The number of carbonyl (C=O) groups excluding carboxylic acids is 2. The number of H-pyrrole nitrogens is 1. The molecule has 0 spiro atoms. The number of primary amides is 1. The Morgan fingerprint density at radius 2 is 2.03 bits per heavy atom. The van der Waals surface area contributed by atoms with Crippen molar-refractivity contribution in [2.24, 2.45) is 5.73 Å². The molecule has 1 aliphatic heterocycles. The van der Waals surface area contributed by atoms with Gasteiger partial charge in [0, 0.05) is 33.1 Å². The second kappa shape index (κ2) is 6.30. The van der Waals surface area contributed by atoms with E-state index in [1.165, 1.54) is 11.3 Å². The van der Waals surface area contributed by atoms with Crippen LogP contribution in [0.1, 0.15) is 34.0 Å². The maximum Gasteiger partial charge on any atom is 0.259 e. The van der Waals surface area contributed by atoms with Crippen molar-refractivity contribution in [1.82, 2.24) is 4.98 Å². The topological polar surface area (TPSA) is 79.2 Å². The molecule has 1 aromatic carbocycles. The lowest BCUT2D eigenvalue weighted by Crippen LogP contribution is -2.36. The van der Waals surface area contributed by atoms with Crippen molar-refractivity contribution < 1.29 is 9.59 Å². The minimum absolute atomic E-state index is 0.0436. The fourth-order valence-electron chi connectivity index (χ4n) is 4.06. The van der Waals surface area contributed by atoms with Crippen LogP contribution in [0.3, 0.4) is 0 Å². The van der Waals surface area contributed by atoms with E-state index in [0.717, 1.165) is 38.2 Å². The van der Waals surface area contributed by atoms with Gasteiger partial charge in [-0.25, -0.2) is 0 Å². The highest BCUT2D eigenvalue weighted by Gasteiger charge is 2.48. The molecule has 29 heavy (non-hydrogen) atoms. The molecule has 0 fully saturated rings. The number of aromatic nitrogens is 1. The Morgan fingerprint density at radius 3 is 2.76 bits per heavy atom. The molecule has 3 aromatic heterocycles. The molecule has 4 aromatic rings. The molecule has 0 saturated heterocycles. The predicted octanol–water partition coefficient (Wildman–Crippen LogP) is 4.88. The van der Waals surface area contributed by atoms with Crippen LogP contribution in [0.15, 0.2) is 47.3 Å². The summed E-state index contributed by atoms with van der Waals surface area (Å²) in [5.74, 6) is -0.425. The smallest absolute Gasteiger partial charge is 0.259 e. The lowest BCUT2D eigenvalue weighted by Gasteiger charge is -2.22. The molecule has 4 heterocycles. The minimum Gasteiger partial charge on any atom is -0.365 e. The summed E-state index contributed by atoms with van der Waals surface area (Å²) in [5, 5.41) is 5.05. The molecule has 0 saturated carbocycles. The Hall–Kier alpha value is -2.90. The maximum atomic E-state index is 13.3. The van der Waals surface area contributed by atoms with Crippen LogP contribution in [0.25, 0.3) is 22.0 Å². The number of hydrogen-bond acceptors (Lipinski definition) is 4. The molecular formula is C22H19N3O2S2. The Bertz CT molecular complexity index is 1260. The summed E-state index contributed by atoms with van der Waals surface area (Å²) in [7, 11) is 0. The molecule has 146 valence electrons. The average molecular weight is 422 g/mol. The van der Waals surface area contributed by atoms with Gasteiger partial charge in [-0.05, 0) is 42.3 Å². The summed E-state index contributed by atoms with van der Waals surface area (Å²) >= 11 is 2.95. The fourth-order valence-corrected chi connectivity index (χ4v) is 5.98. The van der Waals surface area contributed by atoms with Gasteiger partial charge in [-0.15, -0.1) is 11.3 Å². The zero-order valence-electron chi connectivity index (χ0n) is 16.0. The summed E-state index contributed by atoms with van der Waals surface area (Å²) in [4.78, 5) is 32.2. The van der Waals surface area contributed by atoms with Gasteiger partial charge in [-0.2, -0.15) is 11.3 Å². The Balaban J connectivity index is 1.80. The SMILES string of the molecule is CC1(C)C(=O)N(Cc2ccsc2)c2c1sc(C(N)=O)c2-c1c[nH]c2ccccc12. The Morgan fingerprint density at radius 1 is 1.24 bits per heavy atom. The number of benzene rings is 1. The van der Waals surface area contributed by atoms with Gasteiger partial charge in [-0.1, -0.05) is 18.2 Å². The summed E-state index contributed by atoms with van der Waals surface area (Å²) < 4.78 is 0. The van der Waals surface area contributed by atoms with Gasteiger partial charge in [0.1, 0.15) is 4.88 Å². The third-order valence-electron chi connectivity index (χ3n) is 5.50. The number of para-hydroxylation sites is 1. The van der Waals surface area contributed by atoms with Crippen LogP contribution >= 0.6 is 22.7 Å². The minimum atomic E-state index is -0.704. The van der Waals surface area contributed by atoms with Gasteiger partial charge in [0.2, 0.25) is 5.91 Å². The van der Waals surface area contributed by atoms with Crippen LogP contribution in [-0.4, -0.2) is 16.8 Å². The van der Waals surface area contributed by atoms with Crippen molar-refractivity contribution in [3.05, 3.63) is 62.6 Å². The van der Waals surface area contributed by atoms with E-state index in [0.29, 0.717) is 11.4 Å². The number of nitrogens with zero attached hydrogens (tertiary/aromatic N) is 1. The molecule has 5 nitrogen and oxygen atoms in total. The molecule has 0 unspecified atom stereocenters. The first-order valence-electron chi connectivity index (χ1n) is 9.26. The second-order valence-electron chi connectivity index (χ2n) is 7.74. The number of fused-ring (bicyclic) bond motifs is 2. The number of nitrogens with two attached hydrogens (primary N) is 1.